The maximum absolute atomic E-state index is 5.05. The van der Waals surface area contributed by atoms with E-state index in [2.05, 4.69) is 102 Å². The average molecular weight is 373 g/mol. The van der Waals surface area contributed by atoms with Crippen molar-refractivity contribution in [3.63, 3.8) is 0 Å². The molecule has 3 nitrogen and oxygen atoms in total. The van der Waals surface area contributed by atoms with Gasteiger partial charge in [0.05, 0.1) is 12.1 Å². The zero-order chi connectivity index (χ0) is 19.3. The first-order valence-electron chi connectivity index (χ1n) is 10.5. The summed E-state index contributed by atoms with van der Waals surface area (Å²) in [6.07, 6.45) is 11.5. The van der Waals surface area contributed by atoms with Crippen molar-refractivity contribution in [1.82, 2.24) is 4.57 Å². The monoisotopic (exact) mass is 372 g/mol. The first-order valence-corrected chi connectivity index (χ1v) is 10.5. The Balaban J connectivity index is 1.70. The second-order valence-electron chi connectivity index (χ2n) is 8.05. The number of nitrogens with zero attached hydrogens (tertiary/aromatic N) is 3. The molecule has 1 saturated carbocycles. The Labute approximate surface area is 168 Å². The number of hydrogen-bond acceptors (Lipinski definition) is 1. The quantitative estimate of drug-likeness (QED) is 0.409. The number of hydrogen-bond donors (Lipinski definition) is 0. The lowest BCUT2D eigenvalue weighted by atomic mass is 9.90. The van der Waals surface area contributed by atoms with Gasteiger partial charge in [-0.1, -0.05) is 67.1 Å². The zero-order valence-corrected chi connectivity index (χ0v) is 16.9. The molecular formula is C25H30N3+. The molecule has 4 rings (SSSR count). The van der Waals surface area contributed by atoms with Gasteiger partial charge < -0.3 is 0 Å². The topological polar surface area (TPSA) is 21.2 Å². The highest BCUT2D eigenvalue weighted by Crippen LogP contribution is 2.34. The molecule has 28 heavy (non-hydrogen) atoms. The van der Waals surface area contributed by atoms with Gasteiger partial charge in [-0.3, -0.25) is 4.99 Å². The van der Waals surface area contributed by atoms with Gasteiger partial charge in [0, 0.05) is 11.8 Å². The summed E-state index contributed by atoms with van der Waals surface area (Å²) >= 11 is 0. The van der Waals surface area contributed by atoms with Gasteiger partial charge in [-0.05, 0) is 38.7 Å². The fourth-order valence-electron chi connectivity index (χ4n) is 4.14. The zero-order valence-electron chi connectivity index (χ0n) is 16.9. The van der Waals surface area contributed by atoms with Gasteiger partial charge in [0.15, 0.2) is 5.69 Å². The van der Waals surface area contributed by atoms with E-state index in [1.165, 1.54) is 36.1 Å². The molecule has 1 aliphatic carbocycles. The van der Waals surface area contributed by atoms with E-state index in [0.29, 0.717) is 18.1 Å². The van der Waals surface area contributed by atoms with Crippen LogP contribution in [0.25, 0.3) is 11.3 Å². The van der Waals surface area contributed by atoms with E-state index in [1.54, 1.807) is 0 Å². The van der Waals surface area contributed by atoms with Gasteiger partial charge in [0.2, 0.25) is 6.33 Å². The van der Waals surface area contributed by atoms with Gasteiger partial charge >= 0.3 is 0 Å². The third-order valence-electron chi connectivity index (χ3n) is 5.74. The van der Waals surface area contributed by atoms with Crippen molar-refractivity contribution in [2.24, 2.45) is 4.99 Å². The number of aliphatic imine (C=N–C) groups is 1. The summed E-state index contributed by atoms with van der Waals surface area (Å²) < 4.78 is 4.82. The standard InChI is InChI=1S/C25H30N3/c1-20(2)27-18-25(22-13-7-4-8-14-22)28(19-27)24-16-10-9-15-23(24)26-17-21-11-5-3-6-12-21/h3-8,11-14,17-20,23-24H,9-10,15-16H2,1-2H3/q+1/t23-,24-/m1/s1. The molecule has 0 amide bonds. The van der Waals surface area contributed by atoms with Gasteiger partial charge in [0.1, 0.15) is 12.2 Å². The fraction of sp³-hybridized carbons (Fsp3) is 0.360. The van der Waals surface area contributed by atoms with Crippen molar-refractivity contribution in [3.8, 4) is 11.3 Å². The first-order chi connectivity index (χ1) is 13.7. The molecule has 3 heteroatoms. The van der Waals surface area contributed by atoms with Gasteiger partial charge in [-0.2, -0.15) is 0 Å². The SMILES string of the molecule is CC(C)[n+]1cc(-c2ccccc2)n([C@@H]2CCCC[C@H]2N=Cc2ccccc2)c1. The molecule has 1 aromatic heterocycles. The van der Waals surface area contributed by atoms with Crippen LogP contribution in [0, 0.1) is 0 Å². The summed E-state index contributed by atoms with van der Waals surface area (Å²) in [5.74, 6) is 0. The normalized spacial score (nSPS) is 20.1. The maximum Gasteiger partial charge on any atom is 0.244 e. The minimum absolute atomic E-state index is 0.324. The first kappa shape index (κ1) is 18.7. The predicted molar refractivity (Wildman–Crippen MR) is 116 cm³/mol. The molecule has 2 atom stereocenters. The molecule has 3 aromatic rings. The predicted octanol–water partition coefficient (Wildman–Crippen LogP) is 5.63. The van der Waals surface area contributed by atoms with E-state index in [1.807, 2.05) is 0 Å². The lowest BCUT2D eigenvalue weighted by molar-refractivity contribution is -0.715. The van der Waals surface area contributed by atoms with Crippen LogP contribution in [0.3, 0.4) is 0 Å². The molecule has 1 heterocycles. The second kappa shape index (κ2) is 8.55. The Morgan fingerprint density at radius 3 is 2.36 bits per heavy atom. The van der Waals surface area contributed by atoms with Crippen molar-refractivity contribution in [3.05, 3.63) is 78.8 Å². The maximum atomic E-state index is 5.05. The molecule has 2 aromatic carbocycles. The molecule has 0 aliphatic heterocycles. The molecule has 144 valence electrons. The fourth-order valence-corrected chi connectivity index (χ4v) is 4.14. The molecular weight excluding hydrogens is 342 g/mol. The summed E-state index contributed by atoms with van der Waals surface area (Å²) in [7, 11) is 0. The molecule has 1 fully saturated rings. The lowest BCUT2D eigenvalue weighted by Crippen LogP contribution is -2.34. The average Bonchev–Trinajstić information content (AvgIpc) is 3.19. The van der Waals surface area contributed by atoms with Crippen LogP contribution in [0.2, 0.25) is 0 Å². The van der Waals surface area contributed by atoms with E-state index < -0.39 is 0 Å². The van der Waals surface area contributed by atoms with Gasteiger partial charge in [-0.15, -0.1) is 0 Å². The Morgan fingerprint density at radius 1 is 0.964 bits per heavy atom. The minimum atomic E-state index is 0.324. The van der Waals surface area contributed by atoms with E-state index in [-0.39, 0.29) is 0 Å². The van der Waals surface area contributed by atoms with Crippen molar-refractivity contribution in [1.29, 1.82) is 0 Å². The van der Waals surface area contributed by atoms with E-state index >= 15 is 0 Å². The van der Waals surface area contributed by atoms with E-state index in [9.17, 15) is 0 Å². The Bertz CT molecular complexity index is 909. The molecule has 0 saturated heterocycles. The van der Waals surface area contributed by atoms with E-state index in [4.69, 9.17) is 4.99 Å². The third-order valence-corrected chi connectivity index (χ3v) is 5.74. The van der Waals surface area contributed by atoms with Crippen LogP contribution in [0.1, 0.15) is 57.2 Å². The highest BCUT2D eigenvalue weighted by atomic mass is 15.2. The molecule has 1 aliphatic rings. The summed E-state index contributed by atoms with van der Waals surface area (Å²) in [5, 5.41) is 0. The van der Waals surface area contributed by atoms with Crippen molar-refractivity contribution < 1.29 is 4.57 Å². The number of imidazole rings is 1. The summed E-state index contributed by atoms with van der Waals surface area (Å²) in [6, 6.07) is 22.4. The Morgan fingerprint density at radius 2 is 1.64 bits per heavy atom. The van der Waals surface area contributed by atoms with Gasteiger partial charge in [-0.25, -0.2) is 9.13 Å². The molecule has 0 N–H and O–H groups in total. The van der Waals surface area contributed by atoms with Gasteiger partial charge in [0.25, 0.3) is 0 Å². The number of benzene rings is 2. The molecule has 0 radical (unpaired) electrons. The summed E-state index contributed by atoms with van der Waals surface area (Å²) in [5.41, 5.74) is 3.75. The van der Waals surface area contributed by atoms with E-state index in [0.717, 1.165) is 6.42 Å². The van der Waals surface area contributed by atoms with Crippen molar-refractivity contribution in [2.45, 2.75) is 57.7 Å². The molecule has 0 bridgehead atoms. The smallest absolute Gasteiger partial charge is 0.244 e. The van der Waals surface area contributed by atoms with Crippen LogP contribution in [0.5, 0.6) is 0 Å². The highest BCUT2D eigenvalue weighted by Gasteiger charge is 2.33. The highest BCUT2D eigenvalue weighted by molar-refractivity contribution is 5.79. The number of aromatic nitrogens is 2. The molecule has 0 spiro atoms. The largest absolute Gasteiger partial charge is 0.285 e. The minimum Gasteiger partial charge on any atom is -0.285 e. The number of rotatable bonds is 5. The Kier molecular flexibility index (Phi) is 5.70. The lowest BCUT2D eigenvalue weighted by Gasteiger charge is -2.27. The van der Waals surface area contributed by atoms with Crippen LogP contribution in [-0.4, -0.2) is 16.8 Å². The Hall–Kier alpha value is -2.68. The molecule has 0 unspecified atom stereocenters. The second-order valence-corrected chi connectivity index (χ2v) is 8.05. The van der Waals surface area contributed by atoms with Crippen LogP contribution in [0.4, 0.5) is 0 Å². The van der Waals surface area contributed by atoms with Crippen LogP contribution in [0.15, 0.2) is 78.2 Å². The third kappa shape index (κ3) is 4.09. The van der Waals surface area contributed by atoms with Crippen molar-refractivity contribution in [2.75, 3.05) is 0 Å². The van der Waals surface area contributed by atoms with Crippen LogP contribution >= 0.6 is 0 Å². The summed E-state index contributed by atoms with van der Waals surface area (Å²) in [6.45, 7) is 4.48. The van der Waals surface area contributed by atoms with Crippen LogP contribution < -0.4 is 4.57 Å². The summed E-state index contributed by atoms with van der Waals surface area (Å²) in [4.78, 5) is 5.05. The van der Waals surface area contributed by atoms with Crippen LogP contribution in [-0.2, 0) is 0 Å². The van der Waals surface area contributed by atoms with Crippen molar-refractivity contribution >= 4 is 6.21 Å².